The van der Waals surface area contributed by atoms with Crippen LogP contribution in [-0.4, -0.2) is 48.6 Å². The van der Waals surface area contributed by atoms with E-state index >= 15 is 0 Å². The smallest absolute Gasteiger partial charge is 0.306 e. The summed E-state index contributed by atoms with van der Waals surface area (Å²) in [5, 5.41) is 27.2. The van der Waals surface area contributed by atoms with Crippen LogP contribution in [0.4, 0.5) is 5.69 Å². The number of aliphatic hydroxyl groups is 1. The van der Waals surface area contributed by atoms with E-state index in [0.29, 0.717) is 13.1 Å². The second-order valence-corrected chi connectivity index (χ2v) is 4.34. The lowest BCUT2D eigenvalue weighted by Crippen LogP contribution is -2.32. The summed E-state index contributed by atoms with van der Waals surface area (Å²) in [6, 6.07) is 0. The van der Waals surface area contributed by atoms with E-state index in [4.69, 9.17) is 0 Å². The molecule has 108 valence electrons. The summed E-state index contributed by atoms with van der Waals surface area (Å²) in [6.07, 6.45) is 7.10. The maximum Gasteiger partial charge on any atom is 0.306 e. The van der Waals surface area contributed by atoms with Gasteiger partial charge in [0, 0.05) is 32.0 Å². The highest BCUT2D eigenvalue weighted by atomic mass is 16.6. The van der Waals surface area contributed by atoms with E-state index in [1.165, 1.54) is 17.1 Å². The van der Waals surface area contributed by atoms with Crippen molar-refractivity contribution in [2.45, 2.75) is 19.2 Å². The molecule has 0 aliphatic heterocycles. The van der Waals surface area contributed by atoms with Crippen molar-refractivity contribution in [1.29, 1.82) is 0 Å². The molecule has 2 rings (SSSR count). The molecular formula is C11H16N6O3. The summed E-state index contributed by atoms with van der Waals surface area (Å²) in [4.78, 5) is 13.9. The zero-order valence-electron chi connectivity index (χ0n) is 10.8. The Balaban J connectivity index is 1.66. The molecule has 1 unspecified atom stereocenters. The third-order valence-electron chi connectivity index (χ3n) is 2.71. The Labute approximate surface area is 115 Å². The van der Waals surface area contributed by atoms with Crippen molar-refractivity contribution >= 4 is 5.69 Å². The highest BCUT2D eigenvalue weighted by molar-refractivity contribution is 5.20. The summed E-state index contributed by atoms with van der Waals surface area (Å²) >= 11 is 0. The molecule has 20 heavy (non-hydrogen) atoms. The van der Waals surface area contributed by atoms with Crippen molar-refractivity contribution in [2.75, 3.05) is 13.1 Å². The van der Waals surface area contributed by atoms with Gasteiger partial charge in [-0.05, 0) is 0 Å². The number of aromatic nitrogens is 4. The third-order valence-corrected chi connectivity index (χ3v) is 2.71. The van der Waals surface area contributed by atoms with Gasteiger partial charge >= 0.3 is 5.69 Å². The normalized spacial score (nSPS) is 12.4. The summed E-state index contributed by atoms with van der Waals surface area (Å²) in [6.45, 7) is 2.07. The summed E-state index contributed by atoms with van der Waals surface area (Å²) in [5.74, 6) is 0. The van der Waals surface area contributed by atoms with E-state index in [1.54, 1.807) is 12.5 Å². The van der Waals surface area contributed by atoms with Crippen LogP contribution in [0.3, 0.4) is 0 Å². The Kier molecular flexibility index (Phi) is 4.80. The van der Waals surface area contributed by atoms with E-state index in [1.807, 2.05) is 10.8 Å². The van der Waals surface area contributed by atoms with Gasteiger partial charge in [0.2, 0.25) is 0 Å². The molecule has 0 aliphatic rings. The first-order valence-electron chi connectivity index (χ1n) is 6.16. The predicted molar refractivity (Wildman–Crippen MR) is 70.0 cm³/mol. The summed E-state index contributed by atoms with van der Waals surface area (Å²) in [7, 11) is 0. The number of rotatable bonds is 8. The van der Waals surface area contributed by atoms with Gasteiger partial charge in [-0.1, -0.05) is 0 Å². The van der Waals surface area contributed by atoms with Crippen molar-refractivity contribution in [3.63, 3.8) is 0 Å². The Morgan fingerprint density at radius 2 is 2.40 bits per heavy atom. The summed E-state index contributed by atoms with van der Waals surface area (Å²) < 4.78 is 3.29. The Morgan fingerprint density at radius 3 is 3.05 bits per heavy atom. The van der Waals surface area contributed by atoms with Gasteiger partial charge in [-0.15, -0.1) is 0 Å². The lowest BCUT2D eigenvalue weighted by Gasteiger charge is -2.11. The highest BCUT2D eigenvalue weighted by Gasteiger charge is 2.11. The lowest BCUT2D eigenvalue weighted by molar-refractivity contribution is -0.385. The number of nitrogens with zero attached hydrogens (tertiary/aromatic N) is 5. The quantitative estimate of drug-likeness (QED) is 0.388. The van der Waals surface area contributed by atoms with Crippen LogP contribution in [0.25, 0.3) is 0 Å². The molecular weight excluding hydrogens is 264 g/mol. The number of hydrogen-bond donors (Lipinski definition) is 2. The molecule has 0 saturated heterocycles. The van der Waals surface area contributed by atoms with E-state index in [9.17, 15) is 15.2 Å². The van der Waals surface area contributed by atoms with Crippen molar-refractivity contribution in [3.8, 4) is 0 Å². The van der Waals surface area contributed by atoms with E-state index in [-0.39, 0.29) is 12.2 Å². The van der Waals surface area contributed by atoms with Gasteiger partial charge in [0.25, 0.3) is 0 Å². The third kappa shape index (κ3) is 4.14. The van der Waals surface area contributed by atoms with Crippen molar-refractivity contribution < 1.29 is 10.0 Å². The predicted octanol–water partition coefficient (Wildman–Crippen LogP) is -0.361. The maximum atomic E-state index is 10.5. The minimum absolute atomic E-state index is 0.0785. The molecule has 0 aromatic carbocycles. The van der Waals surface area contributed by atoms with Crippen LogP contribution in [0.1, 0.15) is 0 Å². The van der Waals surface area contributed by atoms with Crippen molar-refractivity contribution in [1.82, 2.24) is 24.6 Å². The molecule has 0 fully saturated rings. The van der Waals surface area contributed by atoms with E-state index in [2.05, 4.69) is 15.4 Å². The monoisotopic (exact) mass is 280 g/mol. The summed E-state index contributed by atoms with van der Waals surface area (Å²) in [5.41, 5.74) is -0.0785. The average Bonchev–Trinajstić information content (AvgIpc) is 3.05. The molecule has 0 aliphatic carbocycles. The van der Waals surface area contributed by atoms with Crippen LogP contribution in [0.2, 0.25) is 0 Å². The molecule has 0 spiro atoms. The Morgan fingerprint density at radius 1 is 1.55 bits per heavy atom. The molecule has 0 amide bonds. The van der Waals surface area contributed by atoms with Gasteiger partial charge in [-0.2, -0.15) is 5.10 Å². The van der Waals surface area contributed by atoms with E-state index in [0.717, 1.165) is 6.54 Å². The standard InChI is InChI=1S/C11H16N6O3/c18-11(6-12-1-3-15-4-2-13-9-15)8-16-7-10(5-14-16)17(19)20/h2,4-5,7,9,11-12,18H,1,3,6,8H2. The number of nitro groups is 1. The topological polar surface area (TPSA) is 111 Å². The van der Waals surface area contributed by atoms with Crippen LogP contribution >= 0.6 is 0 Å². The molecule has 2 aromatic heterocycles. The van der Waals surface area contributed by atoms with Gasteiger partial charge in [0.05, 0.1) is 23.9 Å². The van der Waals surface area contributed by atoms with Gasteiger partial charge in [-0.25, -0.2) is 4.98 Å². The maximum absolute atomic E-state index is 10.5. The van der Waals surface area contributed by atoms with Crippen LogP contribution in [0.5, 0.6) is 0 Å². The van der Waals surface area contributed by atoms with E-state index < -0.39 is 11.0 Å². The SMILES string of the molecule is O=[N+]([O-])c1cnn(CC(O)CNCCn2ccnc2)c1. The lowest BCUT2D eigenvalue weighted by atomic mass is 10.3. The fourth-order valence-electron chi connectivity index (χ4n) is 1.72. The Hall–Kier alpha value is -2.26. The van der Waals surface area contributed by atoms with Crippen LogP contribution in [-0.2, 0) is 13.1 Å². The zero-order valence-corrected chi connectivity index (χ0v) is 10.8. The molecule has 9 heteroatoms. The first-order valence-corrected chi connectivity index (χ1v) is 6.16. The van der Waals surface area contributed by atoms with Crippen LogP contribution in [0.15, 0.2) is 31.1 Å². The molecule has 2 heterocycles. The molecule has 2 N–H and O–H groups in total. The number of nitrogens with one attached hydrogen (secondary N) is 1. The second-order valence-electron chi connectivity index (χ2n) is 4.34. The minimum Gasteiger partial charge on any atom is -0.390 e. The second kappa shape index (κ2) is 6.78. The van der Waals surface area contributed by atoms with Gasteiger partial charge in [0.15, 0.2) is 0 Å². The Bertz CT molecular complexity index is 538. The van der Waals surface area contributed by atoms with Crippen molar-refractivity contribution in [3.05, 3.63) is 41.2 Å². The molecule has 0 bridgehead atoms. The fourth-order valence-corrected chi connectivity index (χ4v) is 1.72. The number of hydrogen-bond acceptors (Lipinski definition) is 6. The van der Waals surface area contributed by atoms with Gasteiger partial charge < -0.3 is 15.0 Å². The zero-order chi connectivity index (χ0) is 14.4. The fraction of sp³-hybridized carbons (Fsp3) is 0.455. The first-order chi connectivity index (χ1) is 9.65. The molecule has 9 nitrogen and oxygen atoms in total. The highest BCUT2D eigenvalue weighted by Crippen LogP contribution is 2.07. The van der Waals surface area contributed by atoms with Crippen molar-refractivity contribution in [2.24, 2.45) is 0 Å². The van der Waals surface area contributed by atoms with Gasteiger partial charge in [0.1, 0.15) is 12.4 Å². The minimum atomic E-state index is -0.655. The number of imidazole rings is 1. The molecule has 0 saturated carbocycles. The molecule has 1 atom stereocenters. The number of aliphatic hydroxyl groups excluding tert-OH is 1. The largest absolute Gasteiger partial charge is 0.390 e. The molecule has 2 aromatic rings. The average molecular weight is 280 g/mol. The molecule has 0 radical (unpaired) electrons. The van der Waals surface area contributed by atoms with Crippen LogP contribution in [0, 0.1) is 10.1 Å². The van der Waals surface area contributed by atoms with Crippen LogP contribution < -0.4 is 5.32 Å². The first kappa shape index (κ1) is 14.2. The van der Waals surface area contributed by atoms with Gasteiger partial charge in [-0.3, -0.25) is 14.8 Å².